The Morgan fingerprint density at radius 2 is 1.49 bits per heavy atom. The van der Waals surface area contributed by atoms with Crippen molar-refractivity contribution >= 4 is 33.5 Å². The molecule has 1 amide bonds. The normalized spacial score (nSPS) is 11.3. The second kappa shape index (κ2) is 12.5. The van der Waals surface area contributed by atoms with Crippen LogP contribution in [0.25, 0.3) is 6.08 Å². The minimum atomic E-state index is -3.74. The van der Waals surface area contributed by atoms with Gasteiger partial charge in [0.2, 0.25) is 5.91 Å². The molecule has 0 aromatic heterocycles. The van der Waals surface area contributed by atoms with Crippen molar-refractivity contribution in [3.05, 3.63) is 59.0 Å². The number of hydrogen-bond acceptors (Lipinski definition) is 9. The van der Waals surface area contributed by atoms with Gasteiger partial charge in [-0.25, -0.2) is 13.2 Å². The standard InChI is InChI=1S/C24H27NO9S/c1-30-17-13-21(32-3)18(22(14-17)33-4)10-11-35(28,29)15-16-6-7-20(31-2)19(12-16)25-23(26)8-9-24(27)34-5/h6-14H,15H2,1-5H3,(H,25,26)/b9-8-,11-10+. The third kappa shape index (κ3) is 7.78. The zero-order chi connectivity index (χ0) is 26.0. The quantitative estimate of drug-likeness (QED) is 0.362. The van der Waals surface area contributed by atoms with Gasteiger partial charge in [0.05, 0.1) is 52.6 Å². The average Bonchev–Trinajstić information content (AvgIpc) is 2.85. The zero-order valence-corrected chi connectivity index (χ0v) is 20.8. The molecule has 11 heteroatoms. The predicted octanol–water partition coefficient (Wildman–Crippen LogP) is 2.97. The fourth-order valence-electron chi connectivity index (χ4n) is 2.98. The highest BCUT2D eigenvalue weighted by molar-refractivity contribution is 7.93. The molecule has 0 atom stereocenters. The van der Waals surface area contributed by atoms with Crippen molar-refractivity contribution < 1.29 is 41.7 Å². The number of methoxy groups -OCH3 is 5. The largest absolute Gasteiger partial charge is 0.496 e. The maximum atomic E-state index is 12.8. The van der Waals surface area contributed by atoms with Gasteiger partial charge in [0, 0.05) is 29.7 Å². The van der Waals surface area contributed by atoms with Gasteiger partial charge in [-0.05, 0) is 23.8 Å². The first kappa shape index (κ1) is 27.3. The van der Waals surface area contributed by atoms with Crippen LogP contribution in [0.15, 0.2) is 47.9 Å². The number of sulfone groups is 1. The second-order valence-electron chi connectivity index (χ2n) is 6.94. The zero-order valence-electron chi connectivity index (χ0n) is 20.0. The SMILES string of the molecule is COC(=O)/C=C\C(=O)Nc1cc(CS(=O)(=O)/C=C/c2c(OC)cc(OC)cc2OC)ccc1OC. The van der Waals surface area contributed by atoms with Crippen LogP contribution in [0.4, 0.5) is 5.69 Å². The monoisotopic (exact) mass is 505 g/mol. The van der Waals surface area contributed by atoms with E-state index in [0.717, 1.165) is 17.6 Å². The predicted molar refractivity (Wildman–Crippen MR) is 131 cm³/mol. The minimum absolute atomic E-state index is 0.238. The summed E-state index contributed by atoms with van der Waals surface area (Å²) >= 11 is 0. The Balaban J connectivity index is 2.29. The lowest BCUT2D eigenvalue weighted by Crippen LogP contribution is -2.11. The Bertz CT molecular complexity index is 1210. The van der Waals surface area contributed by atoms with Gasteiger partial charge in [-0.3, -0.25) is 4.79 Å². The Labute approximate surface area is 204 Å². The fourth-order valence-corrected chi connectivity index (χ4v) is 4.06. The van der Waals surface area contributed by atoms with E-state index in [1.165, 1.54) is 53.8 Å². The molecule has 1 N–H and O–H groups in total. The highest BCUT2D eigenvalue weighted by Gasteiger charge is 2.15. The summed E-state index contributed by atoms with van der Waals surface area (Å²) in [6.07, 6.45) is 3.34. The Morgan fingerprint density at radius 3 is 2.03 bits per heavy atom. The molecule has 0 fully saturated rings. The third-order valence-corrected chi connectivity index (χ3v) is 5.94. The molecule has 188 valence electrons. The van der Waals surface area contributed by atoms with Gasteiger partial charge in [-0.15, -0.1) is 0 Å². The maximum absolute atomic E-state index is 12.8. The Hall–Kier alpha value is -3.99. The van der Waals surface area contributed by atoms with Gasteiger partial charge in [-0.2, -0.15) is 0 Å². The van der Waals surface area contributed by atoms with Crippen LogP contribution in [0.2, 0.25) is 0 Å². The Kier molecular flexibility index (Phi) is 9.71. The van der Waals surface area contributed by atoms with Crippen LogP contribution in [0.1, 0.15) is 11.1 Å². The van der Waals surface area contributed by atoms with Crippen molar-refractivity contribution in [3.8, 4) is 23.0 Å². The molecule has 35 heavy (non-hydrogen) atoms. The summed E-state index contributed by atoms with van der Waals surface area (Å²) in [4.78, 5) is 23.3. The van der Waals surface area contributed by atoms with E-state index < -0.39 is 21.7 Å². The molecule has 2 aromatic carbocycles. The molecule has 0 saturated carbocycles. The molecule has 10 nitrogen and oxygen atoms in total. The van der Waals surface area contributed by atoms with Gasteiger partial charge in [-0.1, -0.05) is 6.07 Å². The summed E-state index contributed by atoms with van der Waals surface area (Å²) in [6.45, 7) is 0. The molecular weight excluding hydrogens is 478 g/mol. The van der Waals surface area contributed by atoms with E-state index in [4.69, 9.17) is 18.9 Å². The van der Waals surface area contributed by atoms with Gasteiger partial charge in [0.25, 0.3) is 0 Å². The minimum Gasteiger partial charge on any atom is -0.496 e. The number of nitrogens with one attached hydrogen (secondary N) is 1. The maximum Gasteiger partial charge on any atom is 0.330 e. The molecule has 0 radical (unpaired) electrons. The number of ether oxygens (including phenoxy) is 5. The van der Waals surface area contributed by atoms with Crippen LogP contribution in [-0.4, -0.2) is 55.8 Å². The number of anilines is 1. The summed E-state index contributed by atoms with van der Waals surface area (Å²) in [5.74, 6) is -0.0997. The van der Waals surface area contributed by atoms with Crippen LogP contribution < -0.4 is 24.3 Å². The van der Waals surface area contributed by atoms with Crippen LogP contribution in [-0.2, 0) is 29.9 Å². The molecule has 0 spiro atoms. The summed E-state index contributed by atoms with van der Waals surface area (Å²) in [6, 6.07) is 7.80. The summed E-state index contributed by atoms with van der Waals surface area (Å²) in [7, 11) is 3.25. The van der Waals surface area contributed by atoms with E-state index in [1.54, 1.807) is 18.2 Å². The molecule has 0 aliphatic heterocycles. The molecule has 0 saturated heterocycles. The second-order valence-corrected chi connectivity index (χ2v) is 8.82. The highest BCUT2D eigenvalue weighted by Crippen LogP contribution is 2.35. The van der Waals surface area contributed by atoms with Gasteiger partial charge >= 0.3 is 5.97 Å². The van der Waals surface area contributed by atoms with Gasteiger partial charge in [0.1, 0.15) is 23.0 Å². The fraction of sp³-hybridized carbons (Fsp3) is 0.250. The van der Waals surface area contributed by atoms with E-state index in [9.17, 15) is 18.0 Å². The van der Waals surface area contributed by atoms with Crippen molar-refractivity contribution in [1.82, 2.24) is 0 Å². The lowest BCUT2D eigenvalue weighted by Gasteiger charge is -2.13. The molecule has 0 aliphatic carbocycles. The van der Waals surface area contributed by atoms with Crippen molar-refractivity contribution in [1.29, 1.82) is 0 Å². The van der Waals surface area contributed by atoms with E-state index in [0.29, 0.717) is 34.1 Å². The molecule has 0 unspecified atom stereocenters. The van der Waals surface area contributed by atoms with Crippen molar-refractivity contribution in [2.45, 2.75) is 5.75 Å². The average molecular weight is 506 g/mol. The molecule has 2 aromatic rings. The lowest BCUT2D eigenvalue weighted by molar-refractivity contribution is -0.135. The van der Waals surface area contributed by atoms with Crippen LogP contribution in [0.3, 0.4) is 0 Å². The van der Waals surface area contributed by atoms with Crippen LogP contribution >= 0.6 is 0 Å². The van der Waals surface area contributed by atoms with E-state index in [-0.39, 0.29) is 11.4 Å². The third-order valence-electron chi connectivity index (χ3n) is 4.66. The first-order valence-corrected chi connectivity index (χ1v) is 11.8. The van der Waals surface area contributed by atoms with E-state index >= 15 is 0 Å². The summed E-state index contributed by atoms with van der Waals surface area (Å²) in [5, 5.41) is 3.61. The lowest BCUT2D eigenvalue weighted by atomic mass is 10.1. The van der Waals surface area contributed by atoms with E-state index in [1.807, 2.05) is 0 Å². The molecular formula is C24H27NO9S. The van der Waals surface area contributed by atoms with Crippen LogP contribution in [0.5, 0.6) is 23.0 Å². The molecule has 0 aliphatic rings. The molecule has 0 bridgehead atoms. The van der Waals surface area contributed by atoms with Gasteiger partial charge in [0.15, 0.2) is 9.84 Å². The van der Waals surface area contributed by atoms with Crippen molar-refractivity contribution in [3.63, 3.8) is 0 Å². The summed E-state index contributed by atoms with van der Waals surface area (Å²) in [5.41, 5.74) is 1.07. The van der Waals surface area contributed by atoms with Crippen molar-refractivity contribution in [2.24, 2.45) is 0 Å². The highest BCUT2D eigenvalue weighted by atomic mass is 32.2. The number of esters is 1. The van der Waals surface area contributed by atoms with Crippen molar-refractivity contribution in [2.75, 3.05) is 40.9 Å². The number of benzene rings is 2. The van der Waals surface area contributed by atoms with Crippen LogP contribution in [0, 0.1) is 0 Å². The van der Waals surface area contributed by atoms with E-state index in [2.05, 4.69) is 10.1 Å². The summed E-state index contributed by atoms with van der Waals surface area (Å²) < 4.78 is 51.2. The number of hydrogen-bond donors (Lipinski definition) is 1. The number of amides is 1. The smallest absolute Gasteiger partial charge is 0.330 e. The van der Waals surface area contributed by atoms with Gasteiger partial charge < -0.3 is 29.0 Å². The topological polar surface area (TPSA) is 126 Å². The molecule has 2 rings (SSSR count). The molecule has 0 heterocycles. The number of carbonyl (C=O) groups excluding carboxylic acids is 2. The first-order valence-electron chi connectivity index (χ1n) is 10.1. The number of carbonyl (C=O) groups is 2. The Morgan fingerprint density at radius 1 is 0.857 bits per heavy atom. The first-order chi connectivity index (χ1) is 16.7. The number of rotatable bonds is 11.